The fourth-order valence-electron chi connectivity index (χ4n) is 2.03. The lowest BCUT2D eigenvalue weighted by molar-refractivity contribution is 0.223. The molecule has 0 saturated heterocycles. The number of aliphatic hydroxyl groups excluding tert-OH is 1. The first-order valence-corrected chi connectivity index (χ1v) is 7.63. The molecule has 0 aromatic heterocycles. The molecule has 1 atom stereocenters. The SMILES string of the molecule is Cc1ccc(C(C)(CO)Nc2ccc(Cl)c(Br)c2)cc1F. The molecule has 0 aliphatic carbocycles. The van der Waals surface area contributed by atoms with Gasteiger partial charge in [-0.05, 0) is 65.2 Å². The third kappa shape index (κ3) is 3.57. The van der Waals surface area contributed by atoms with Gasteiger partial charge in [0.2, 0.25) is 0 Å². The molecular weight excluding hydrogens is 357 g/mol. The summed E-state index contributed by atoms with van der Waals surface area (Å²) >= 11 is 9.33. The van der Waals surface area contributed by atoms with Crippen LogP contribution < -0.4 is 5.32 Å². The summed E-state index contributed by atoms with van der Waals surface area (Å²) in [7, 11) is 0. The van der Waals surface area contributed by atoms with Gasteiger partial charge in [-0.2, -0.15) is 0 Å². The Morgan fingerprint density at radius 3 is 2.57 bits per heavy atom. The first-order chi connectivity index (χ1) is 9.85. The Bertz CT molecular complexity index is 665. The Balaban J connectivity index is 2.36. The quantitative estimate of drug-likeness (QED) is 0.802. The Hall–Kier alpha value is -1.10. The molecule has 0 heterocycles. The summed E-state index contributed by atoms with van der Waals surface area (Å²) in [6.07, 6.45) is 0. The van der Waals surface area contributed by atoms with E-state index in [9.17, 15) is 9.50 Å². The van der Waals surface area contributed by atoms with Gasteiger partial charge in [0.25, 0.3) is 0 Å². The van der Waals surface area contributed by atoms with Gasteiger partial charge in [-0.15, -0.1) is 0 Å². The van der Waals surface area contributed by atoms with E-state index in [0.29, 0.717) is 16.1 Å². The van der Waals surface area contributed by atoms with Crippen LogP contribution in [0.2, 0.25) is 5.02 Å². The Morgan fingerprint density at radius 2 is 2.00 bits per heavy atom. The van der Waals surface area contributed by atoms with Crippen LogP contribution >= 0.6 is 27.5 Å². The molecule has 2 aromatic carbocycles. The maximum absolute atomic E-state index is 13.8. The number of benzene rings is 2. The zero-order valence-electron chi connectivity index (χ0n) is 11.8. The first-order valence-electron chi connectivity index (χ1n) is 6.46. The van der Waals surface area contributed by atoms with Gasteiger partial charge < -0.3 is 10.4 Å². The van der Waals surface area contributed by atoms with Crippen molar-refractivity contribution in [3.8, 4) is 0 Å². The van der Waals surface area contributed by atoms with Gasteiger partial charge in [-0.25, -0.2) is 4.39 Å². The summed E-state index contributed by atoms with van der Waals surface area (Å²) in [6, 6.07) is 10.3. The zero-order chi connectivity index (χ0) is 15.6. The largest absolute Gasteiger partial charge is 0.394 e. The van der Waals surface area contributed by atoms with Gasteiger partial charge in [0, 0.05) is 10.2 Å². The van der Waals surface area contributed by atoms with Crippen LogP contribution in [0.15, 0.2) is 40.9 Å². The number of aryl methyl sites for hydroxylation is 1. The monoisotopic (exact) mass is 371 g/mol. The zero-order valence-corrected chi connectivity index (χ0v) is 14.1. The van der Waals surface area contributed by atoms with Gasteiger partial charge in [-0.3, -0.25) is 0 Å². The smallest absolute Gasteiger partial charge is 0.126 e. The maximum Gasteiger partial charge on any atom is 0.126 e. The average Bonchev–Trinajstić information content (AvgIpc) is 2.45. The molecule has 0 bridgehead atoms. The van der Waals surface area contributed by atoms with Gasteiger partial charge in [-0.1, -0.05) is 23.7 Å². The molecule has 112 valence electrons. The lowest BCUT2D eigenvalue weighted by Gasteiger charge is -2.31. The second-order valence-electron chi connectivity index (χ2n) is 5.21. The number of aliphatic hydroxyl groups is 1. The molecule has 0 aliphatic heterocycles. The number of nitrogens with one attached hydrogen (secondary N) is 1. The molecule has 0 aliphatic rings. The van der Waals surface area contributed by atoms with Crippen molar-refractivity contribution < 1.29 is 9.50 Å². The maximum atomic E-state index is 13.8. The highest BCUT2D eigenvalue weighted by atomic mass is 79.9. The van der Waals surface area contributed by atoms with E-state index in [1.54, 1.807) is 19.1 Å². The standard InChI is InChI=1S/C16H16BrClFNO/c1-10-3-4-11(7-15(10)19)16(2,9-21)20-12-5-6-14(18)13(17)8-12/h3-8,20-21H,9H2,1-2H3. The Kier molecular flexibility index (Phi) is 4.91. The minimum Gasteiger partial charge on any atom is -0.394 e. The van der Waals surface area contributed by atoms with Crippen molar-refractivity contribution in [1.29, 1.82) is 0 Å². The van der Waals surface area contributed by atoms with Crippen molar-refractivity contribution in [2.75, 3.05) is 11.9 Å². The van der Waals surface area contributed by atoms with E-state index < -0.39 is 5.54 Å². The van der Waals surface area contributed by atoms with Crippen molar-refractivity contribution in [2.24, 2.45) is 0 Å². The lowest BCUT2D eigenvalue weighted by atomic mass is 9.91. The summed E-state index contributed by atoms with van der Waals surface area (Å²) in [5.74, 6) is -0.286. The van der Waals surface area contributed by atoms with E-state index in [-0.39, 0.29) is 12.4 Å². The van der Waals surface area contributed by atoms with Crippen LogP contribution in [0.4, 0.5) is 10.1 Å². The lowest BCUT2D eigenvalue weighted by Crippen LogP contribution is -2.36. The summed E-state index contributed by atoms with van der Waals surface area (Å²) in [4.78, 5) is 0. The molecule has 0 radical (unpaired) electrons. The molecule has 2 N–H and O–H groups in total. The number of hydrogen-bond donors (Lipinski definition) is 2. The summed E-state index contributed by atoms with van der Waals surface area (Å²) in [5, 5.41) is 13.6. The Morgan fingerprint density at radius 1 is 1.29 bits per heavy atom. The van der Waals surface area contributed by atoms with Crippen molar-refractivity contribution >= 4 is 33.2 Å². The predicted molar refractivity (Wildman–Crippen MR) is 88.3 cm³/mol. The van der Waals surface area contributed by atoms with Gasteiger partial charge in [0.15, 0.2) is 0 Å². The van der Waals surface area contributed by atoms with Crippen molar-refractivity contribution in [3.05, 3.63) is 62.8 Å². The van der Waals surface area contributed by atoms with E-state index in [1.807, 2.05) is 25.1 Å². The molecule has 2 rings (SSSR count). The fourth-order valence-corrected chi connectivity index (χ4v) is 2.53. The second-order valence-corrected chi connectivity index (χ2v) is 6.47. The average molecular weight is 373 g/mol. The van der Waals surface area contributed by atoms with Crippen LogP contribution in [0, 0.1) is 12.7 Å². The third-order valence-corrected chi connectivity index (χ3v) is 4.68. The summed E-state index contributed by atoms with van der Waals surface area (Å²) in [5.41, 5.74) is 1.25. The molecule has 1 unspecified atom stereocenters. The van der Waals surface area contributed by atoms with Crippen LogP contribution in [0.5, 0.6) is 0 Å². The van der Waals surface area contributed by atoms with Gasteiger partial charge in [0.05, 0.1) is 17.2 Å². The van der Waals surface area contributed by atoms with Crippen molar-refractivity contribution in [2.45, 2.75) is 19.4 Å². The summed E-state index contributed by atoms with van der Waals surface area (Å²) in [6.45, 7) is 3.36. The highest BCUT2D eigenvalue weighted by Gasteiger charge is 2.26. The molecule has 2 nitrogen and oxygen atoms in total. The Labute approximate surface area is 137 Å². The van der Waals surface area contributed by atoms with E-state index >= 15 is 0 Å². The minimum atomic E-state index is -0.790. The molecule has 0 amide bonds. The van der Waals surface area contributed by atoms with Crippen molar-refractivity contribution in [1.82, 2.24) is 0 Å². The number of hydrogen-bond acceptors (Lipinski definition) is 2. The molecule has 21 heavy (non-hydrogen) atoms. The minimum absolute atomic E-state index is 0.171. The number of rotatable bonds is 4. The van der Waals surface area contributed by atoms with E-state index in [1.165, 1.54) is 6.07 Å². The van der Waals surface area contributed by atoms with E-state index in [4.69, 9.17) is 11.6 Å². The third-order valence-electron chi connectivity index (χ3n) is 3.47. The number of anilines is 1. The van der Waals surface area contributed by atoms with Crippen LogP contribution in [0.1, 0.15) is 18.1 Å². The van der Waals surface area contributed by atoms with E-state index in [2.05, 4.69) is 21.2 Å². The molecule has 0 fully saturated rings. The fraction of sp³-hybridized carbons (Fsp3) is 0.250. The van der Waals surface area contributed by atoms with Crippen molar-refractivity contribution in [3.63, 3.8) is 0 Å². The molecular formula is C16H16BrClFNO. The van der Waals surface area contributed by atoms with E-state index in [0.717, 1.165) is 10.2 Å². The summed E-state index contributed by atoms with van der Waals surface area (Å²) < 4.78 is 14.5. The number of halogens is 3. The first kappa shape index (κ1) is 16.3. The molecule has 5 heteroatoms. The topological polar surface area (TPSA) is 32.3 Å². The molecule has 0 saturated carbocycles. The van der Waals surface area contributed by atoms with Gasteiger partial charge in [0.1, 0.15) is 5.82 Å². The van der Waals surface area contributed by atoms with Crippen LogP contribution in [-0.2, 0) is 5.54 Å². The normalized spacial score (nSPS) is 13.8. The second kappa shape index (κ2) is 6.34. The predicted octanol–water partition coefficient (Wildman–Crippen LogP) is 4.87. The highest BCUT2D eigenvalue weighted by Crippen LogP contribution is 2.31. The van der Waals surface area contributed by atoms with Crippen LogP contribution in [0.3, 0.4) is 0 Å². The van der Waals surface area contributed by atoms with Crippen LogP contribution in [0.25, 0.3) is 0 Å². The highest BCUT2D eigenvalue weighted by molar-refractivity contribution is 9.10. The molecule has 0 spiro atoms. The van der Waals surface area contributed by atoms with Gasteiger partial charge >= 0.3 is 0 Å². The molecule has 2 aromatic rings. The van der Waals surface area contributed by atoms with Crippen LogP contribution in [-0.4, -0.2) is 11.7 Å².